The van der Waals surface area contributed by atoms with Gasteiger partial charge < -0.3 is 10.6 Å². The quantitative estimate of drug-likeness (QED) is 0.253. The van der Waals surface area contributed by atoms with E-state index in [0.717, 1.165) is 13.1 Å². The lowest BCUT2D eigenvalue weighted by molar-refractivity contribution is 0.502. The van der Waals surface area contributed by atoms with Gasteiger partial charge in [-0.3, -0.25) is 0 Å². The first-order valence-corrected chi connectivity index (χ1v) is 12.9. The molecule has 0 fully saturated rings. The number of anilines is 2. The third-order valence-corrected chi connectivity index (χ3v) is 6.55. The van der Waals surface area contributed by atoms with Gasteiger partial charge >= 0.3 is 0 Å². The lowest BCUT2D eigenvalue weighted by atomic mass is 9.90. The van der Waals surface area contributed by atoms with Gasteiger partial charge in [-0.2, -0.15) is 4.42 Å². The van der Waals surface area contributed by atoms with Crippen LogP contribution in [0.5, 0.6) is 0 Å². The van der Waals surface area contributed by atoms with Crippen LogP contribution in [0.1, 0.15) is 112 Å². The van der Waals surface area contributed by atoms with Gasteiger partial charge in [0.05, 0.1) is 6.67 Å². The molecule has 2 rings (SSSR count). The molecule has 0 amide bonds. The Labute approximate surface area is 208 Å². The molecule has 0 unspecified atom stereocenters. The molecule has 0 aromatic heterocycles. The SMILES string of the molecule is Cc1cc(C(C)C)c(NCCN(Cl)CNc2c(C(C)C)cc(C)cc2C(C)C)c(C(C)C)c1. The molecular formula is C29H46ClN3. The normalized spacial score (nSPS) is 12.0. The molecule has 0 aliphatic carbocycles. The molecule has 4 heteroatoms. The Morgan fingerprint density at radius 3 is 1.30 bits per heavy atom. The fraction of sp³-hybridized carbons (Fsp3) is 0.586. The van der Waals surface area contributed by atoms with Crippen molar-refractivity contribution in [3.05, 3.63) is 57.6 Å². The van der Waals surface area contributed by atoms with Crippen molar-refractivity contribution in [3.8, 4) is 0 Å². The van der Waals surface area contributed by atoms with E-state index < -0.39 is 0 Å². The van der Waals surface area contributed by atoms with Gasteiger partial charge in [0.2, 0.25) is 0 Å². The topological polar surface area (TPSA) is 27.3 Å². The Morgan fingerprint density at radius 2 is 0.970 bits per heavy atom. The van der Waals surface area contributed by atoms with E-state index in [0.29, 0.717) is 30.3 Å². The van der Waals surface area contributed by atoms with Crippen LogP contribution in [0.2, 0.25) is 0 Å². The minimum atomic E-state index is 0.459. The first-order valence-electron chi connectivity index (χ1n) is 12.6. The number of rotatable bonds is 11. The third kappa shape index (κ3) is 7.39. The van der Waals surface area contributed by atoms with Crippen molar-refractivity contribution in [1.82, 2.24) is 4.42 Å². The van der Waals surface area contributed by atoms with E-state index >= 15 is 0 Å². The molecule has 0 atom stereocenters. The summed E-state index contributed by atoms with van der Waals surface area (Å²) in [6.45, 7) is 24.6. The van der Waals surface area contributed by atoms with Crippen molar-refractivity contribution in [3.63, 3.8) is 0 Å². The molecule has 0 heterocycles. The fourth-order valence-electron chi connectivity index (χ4n) is 4.46. The number of benzene rings is 2. The molecular weight excluding hydrogens is 426 g/mol. The summed E-state index contributed by atoms with van der Waals surface area (Å²) in [6, 6.07) is 9.24. The van der Waals surface area contributed by atoms with Gasteiger partial charge in [0.15, 0.2) is 0 Å². The smallest absolute Gasteiger partial charge is 0.0822 e. The zero-order valence-electron chi connectivity index (χ0n) is 22.6. The molecule has 0 saturated carbocycles. The van der Waals surface area contributed by atoms with Crippen LogP contribution >= 0.6 is 11.8 Å². The van der Waals surface area contributed by atoms with Crippen molar-refractivity contribution < 1.29 is 0 Å². The van der Waals surface area contributed by atoms with E-state index in [4.69, 9.17) is 11.8 Å². The van der Waals surface area contributed by atoms with Crippen LogP contribution in [0.25, 0.3) is 0 Å². The van der Waals surface area contributed by atoms with Crippen LogP contribution in [-0.4, -0.2) is 24.2 Å². The Balaban J connectivity index is 2.10. The van der Waals surface area contributed by atoms with Gasteiger partial charge in [-0.25, -0.2) is 0 Å². The number of nitrogens with zero attached hydrogens (tertiary/aromatic N) is 1. The second-order valence-corrected chi connectivity index (χ2v) is 11.2. The van der Waals surface area contributed by atoms with Gasteiger partial charge in [-0.1, -0.05) is 90.8 Å². The molecule has 0 radical (unpaired) electrons. The van der Waals surface area contributed by atoms with Gasteiger partial charge in [0, 0.05) is 24.5 Å². The predicted molar refractivity (Wildman–Crippen MR) is 148 cm³/mol. The van der Waals surface area contributed by atoms with E-state index in [-0.39, 0.29) is 0 Å². The molecule has 2 aromatic carbocycles. The average Bonchev–Trinajstić information content (AvgIpc) is 2.72. The molecule has 2 N–H and O–H groups in total. The molecule has 0 aliphatic heterocycles. The largest absolute Gasteiger partial charge is 0.383 e. The summed E-state index contributed by atoms with van der Waals surface area (Å²) in [5.41, 5.74) is 10.7. The second-order valence-electron chi connectivity index (χ2n) is 10.7. The van der Waals surface area contributed by atoms with E-state index in [1.165, 1.54) is 44.8 Å². The third-order valence-electron chi connectivity index (χ3n) is 6.26. The molecule has 184 valence electrons. The number of aryl methyl sites for hydroxylation is 2. The van der Waals surface area contributed by atoms with Gasteiger partial charge in [0.25, 0.3) is 0 Å². The minimum absolute atomic E-state index is 0.459. The maximum atomic E-state index is 6.65. The van der Waals surface area contributed by atoms with Crippen molar-refractivity contribution in [2.45, 2.75) is 92.9 Å². The standard InChI is InChI=1S/C29H46ClN3/c1-18(2)24-13-22(9)14-25(19(3)4)28(24)31-11-12-33(30)17-32-29-26(20(5)6)15-23(10)16-27(29)21(7)8/h13-16,18-21,31-32H,11-12,17H2,1-10H3. The molecule has 3 nitrogen and oxygen atoms in total. The molecule has 0 spiro atoms. The summed E-state index contributed by atoms with van der Waals surface area (Å²) < 4.78 is 1.85. The van der Waals surface area contributed by atoms with Crippen molar-refractivity contribution >= 4 is 23.2 Å². The molecule has 0 aliphatic rings. The van der Waals surface area contributed by atoms with Crippen LogP contribution in [0.3, 0.4) is 0 Å². The molecule has 0 bridgehead atoms. The number of hydrogen-bond donors (Lipinski definition) is 2. The summed E-state index contributed by atoms with van der Waals surface area (Å²) in [6.07, 6.45) is 0. The molecule has 2 aromatic rings. The minimum Gasteiger partial charge on any atom is -0.383 e. The summed E-state index contributed by atoms with van der Waals surface area (Å²) >= 11 is 6.65. The van der Waals surface area contributed by atoms with Crippen LogP contribution in [-0.2, 0) is 0 Å². The zero-order valence-corrected chi connectivity index (χ0v) is 23.3. The van der Waals surface area contributed by atoms with E-state index in [2.05, 4.69) is 104 Å². The van der Waals surface area contributed by atoms with Gasteiger partial charge in [-0.05, 0) is 71.5 Å². The van der Waals surface area contributed by atoms with Crippen LogP contribution < -0.4 is 10.6 Å². The first-order chi connectivity index (χ1) is 15.4. The number of nitrogens with one attached hydrogen (secondary N) is 2. The maximum absolute atomic E-state index is 6.65. The van der Waals surface area contributed by atoms with E-state index in [9.17, 15) is 0 Å². The Hall–Kier alpha value is -1.71. The maximum Gasteiger partial charge on any atom is 0.0822 e. The Kier molecular flexibility index (Phi) is 10.1. The number of hydrogen-bond acceptors (Lipinski definition) is 3. The monoisotopic (exact) mass is 471 g/mol. The summed E-state index contributed by atoms with van der Waals surface area (Å²) in [7, 11) is 0. The van der Waals surface area contributed by atoms with Gasteiger partial charge in [0.1, 0.15) is 0 Å². The lowest BCUT2D eigenvalue weighted by Crippen LogP contribution is -2.27. The zero-order chi connectivity index (χ0) is 24.9. The molecule has 33 heavy (non-hydrogen) atoms. The summed E-state index contributed by atoms with van der Waals surface area (Å²) in [4.78, 5) is 0. The highest BCUT2D eigenvalue weighted by Gasteiger charge is 2.17. The first kappa shape index (κ1) is 27.5. The van der Waals surface area contributed by atoms with E-state index in [1.54, 1.807) is 0 Å². The highest BCUT2D eigenvalue weighted by Crippen LogP contribution is 2.35. The highest BCUT2D eigenvalue weighted by atomic mass is 35.5. The Morgan fingerprint density at radius 1 is 0.636 bits per heavy atom. The summed E-state index contributed by atoms with van der Waals surface area (Å²) in [5, 5.41) is 7.37. The Bertz CT molecular complexity index is 857. The van der Waals surface area contributed by atoms with Crippen LogP contribution in [0, 0.1) is 13.8 Å². The van der Waals surface area contributed by atoms with Crippen LogP contribution in [0.15, 0.2) is 24.3 Å². The summed E-state index contributed by atoms with van der Waals surface area (Å²) in [5.74, 6) is 1.87. The van der Waals surface area contributed by atoms with E-state index in [1.807, 2.05) is 4.42 Å². The lowest BCUT2D eigenvalue weighted by Gasteiger charge is -2.25. The van der Waals surface area contributed by atoms with Gasteiger partial charge in [-0.15, -0.1) is 0 Å². The van der Waals surface area contributed by atoms with Crippen LogP contribution in [0.4, 0.5) is 11.4 Å². The van der Waals surface area contributed by atoms with Crippen molar-refractivity contribution in [2.24, 2.45) is 0 Å². The highest BCUT2D eigenvalue weighted by molar-refractivity contribution is 6.13. The molecule has 0 saturated heterocycles. The number of halogens is 1. The van der Waals surface area contributed by atoms with Crippen molar-refractivity contribution in [1.29, 1.82) is 0 Å². The van der Waals surface area contributed by atoms with Crippen molar-refractivity contribution in [2.75, 3.05) is 30.4 Å². The second kappa shape index (κ2) is 12.1. The fourth-order valence-corrected chi connectivity index (χ4v) is 4.61. The predicted octanol–water partition coefficient (Wildman–Crippen LogP) is 8.73. The average molecular weight is 472 g/mol.